The van der Waals surface area contributed by atoms with Crippen LogP contribution in [0, 0.1) is 0 Å². The van der Waals surface area contributed by atoms with Gasteiger partial charge in [-0.15, -0.1) is 0 Å². The van der Waals surface area contributed by atoms with Crippen molar-refractivity contribution in [2.45, 2.75) is 44.3 Å². The van der Waals surface area contributed by atoms with Crippen molar-refractivity contribution in [3.8, 4) is 11.5 Å². The second kappa shape index (κ2) is 9.92. The molecule has 32 heavy (non-hydrogen) atoms. The zero-order valence-corrected chi connectivity index (χ0v) is 20.3. The summed E-state index contributed by atoms with van der Waals surface area (Å²) in [7, 11) is 5.59. The smallest absolute Gasteiger partial charge is 0.225 e. The van der Waals surface area contributed by atoms with E-state index in [0.717, 1.165) is 54.5 Å². The molecule has 4 rings (SSSR count). The Morgan fingerprint density at radius 2 is 1.81 bits per heavy atom. The lowest BCUT2D eigenvalue weighted by Gasteiger charge is -2.30. The van der Waals surface area contributed by atoms with Crippen molar-refractivity contribution in [3.63, 3.8) is 0 Å². The van der Waals surface area contributed by atoms with E-state index in [4.69, 9.17) is 14.7 Å². The summed E-state index contributed by atoms with van der Waals surface area (Å²) in [5, 5.41) is 18.3. The SMILES string of the molecule is COc1cc(CN[C@H]2CC[C@@H](Nc3nc(N(C)C)c4ccccc4n3)CC2)cc(Br)c1O. The van der Waals surface area contributed by atoms with Crippen molar-refractivity contribution in [1.82, 2.24) is 15.3 Å². The highest BCUT2D eigenvalue weighted by Crippen LogP contribution is 2.35. The molecule has 0 aliphatic heterocycles. The molecule has 170 valence electrons. The van der Waals surface area contributed by atoms with Gasteiger partial charge >= 0.3 is 0 Å². The summed E-state index contributed by atoms with van der Waals surface area (Å²) >= 11 is 3.39. The molecule has 1 heterocycles. The zero-order chi connectivity index (χ0) is 22.7. The molecule has 0 bridgehead atoms. The van der Waals surface area contributed by atoms with Gasteiger partial charge in [-0.05, 0) is 71.4 Å². The first-order chi connectivity index (χ1) is 15.4. The molecule has 1 saturated carbocycles. The molecule has 0 amide bonds. The Bertz CT molecular complexity index is 1080. The van der Waals surface area contributed by atoms with E-state index in [1.165, 1.54) is 0 Å². The topological polar surface area (TPSA) is 82.5 Å². The number of nitrogens with one attached hydrogen (secondary N) is 2. The largest absolute Gasteiger partial charge is 0.503 e. The van der Waals surface area contributed by atoms with Crippen LogP contribution in [0.3, 0.4) is 0 Å². The van der Waals surface area contributed by atoms with Crippen LogP contribution in [0.15, 0.2) is 40.9 Å². The number of phenols is 1. The number of methoxy groups -OCH3 is 1. The van der Waals surface area contributed by atoms with Crippen LogP contribution in [-0.2, 0) is 6.54 Å². The summed E-state index contributed by atoms with van der Waals surface area (Å²) in [6.07, 6.45) is 4.30. The predicted molar refractivity (Wildman–Crippen MR) is 133 cm³/mol. The molecular formula is C24H30BrN5O2. The minimum absolute atomic E-state index is 0.135. The number of halogens is 1. The van der Waals surface area contributed by atoms with E-state index in [0.29, 0.717) is 28.3 Å². The number of hydrogen-bond donors (Lipinski definition) is 3. The van der Waals surface area contributed by atoms with Gasteiger partial charge in [-0.2, -0.15) is 4.98 Å². The molecule has 1 aliphatic rings. The zero-order valence-electron chi connectivity index (χ0n) is 18.7. The highest BCUT2D eigenvalue weighted by atomic mass is 79.9. The number of aromatic hydroxyl groups is 1. The number of phenolic OH excluding ortho intramolecular Hbond substituents is 1. The summed E-state index contributed by atoms with van der Waals surface area (Å²) in [6.45, 7) is 0.734. The van der Waals surface area contributed by atoms with Gasteiger partial charge in [0.05, 0.1) is 17.1 Å². The van der Waals surface area contributed by atoms with Gasteiger partial charge in [0.15, 0.2) is 11.5 Å². The Morgan fingerprint density at radius 1 is 1.09 bits per heavy atom. The van der Waals surface area contributed by atoms with Crippen LogP contribution in [-0.4, -0.2) is 48.4 Å². The predicted octanol–water partition coefficient (Wildman–Crippen LogP) is 4.69. The second-order valence-corrected chi connectivity index (χ2v) is 9.34. The molecule has 0 atom stereocenters. The molecule has 3 N–H and O–H groups in total. The van der Waals surface area contributed by atoms with Crippen LogP contribution in [0.5, 0.6) is 11.5 Å². The number of para-hydroxylation sites is 1. The first kappa shape index (κ1) is 22.6. The Labute approximate surface area is 197 Å². The molecule has 0 unspecified atom stereocenters. The molecule has 8 heteroatoms. The van der Waals surface area contributed by atoms with Gasteiger partial charge in [-0.25, -0.2) is 4.98 Å². The van der Waals surface area contributed by atoms with E-state index >= 15 is 0 Å². The van der Waals surface area contributed by atoms with Crippen LogP contribution in [0.4, 0.5) is 11.8 Å². The van der Waals surface area contributed by atoms with Gasteiger partial charge in [0.25, 0.3) is 0 Å². The third kappa shape index (κ3) is 5.07. The van der Waals surface area contributed by atoms with Gasteiger partial charge in [0.1, 0.15) is 5.82 Å². The second-order valence-electron chi connectivity index (χ2n) is 8.48. The Balaban J connectivity index is 1.34. The van der Waals surface area contributed by atoms with Crippen molar-refractivity contribution in [2.24, 2.45) is 0 Å². The summed E-state index contributed by atoms with van der Waals surface area (Å²) < 4.78 is 5.90. The van der Waals surface area contributed by atoms with Gasteiger partial charge in [-0.3, -0.25) is 0 Å². The molecule has 0 saturated heterocycles. The average Bonchev–Trinajstić information content (AvgIpc) is 2.80. The van der Waals surface area contributed by atoms with E-state index in [2.05, 4.69) is 32.6 Å². The fourth-order valence-corrected chi connectivity index (χ4v) is 4.73. The summed E-state index contributed by atoms with van der Waals surface area (Å²) in [5.41, 5.74) is 2.03. The van der Waals surface area contributed by atoms with E-state index in [-0.39, 0.29) is 5.75 Å². The maximum Gasteiger partial charge on any atom is 0.225 e. The van der Waals surface area contributed by atoms with Crippen molar-refractivity contribution in [1.29, 1.82) is 0 Å². The lowest BCUT2D eigenvalue weighted by Crippen LogP contribution is -2.37. The van der Waals surface area contributed by atoms with Crippen molar-refractivity contribution >= 4 is 38.6 Å². The van der Waals surface area contributed by atoms with E-state index in [1.807, 2.05) is 49.3 Å². The molecular weight excluding hydrogens is 470 g/mol. The number of aromatic nitrogens is 2. The fourth-order valence-electron chi connectivity index (χ4n) is 4.24. The number of nitrogens with zero attached hydrogens (tertiary/aromatic N) is 3. The standard InChI is InChI=1S/C24H30BrN5O2/c1-30(2)23-18-6-4-5-7-20(18)28-24(29-23)27-17-10-8-16(9-11-17)26-14-15-12-19(25)22(31)21(13-15)32-3/h4-7,12-13,16-17,26,31H,8-11,14H2,1-3H3,(H,27,28,29)/t16-,17+. The lowest BCUT2D eigenvalue weighted by atomic mass is 9.91. The number of anilines is 2. The molecule has 1 aliphatic carbocycles. The molecule has 1 fully saturated rings. The van der Waals surface area contributed by atoms with Crippen molar-refractivity contribution in [2.75, 3.05) is 31.4 Å². The third-order valence-corrected chi connectivity index (χ3v) is 6.57. The molecule has 2 aromatic carbocycles. The molecule has 0 spiro atoms. The maximum atomic E-state index is 9.98. The number of hydrogen-bond acceptors (Lipinski definition) is 7. The molecule has 3 aromatic rings. The van der Waals surface area contributed by atoms with Crippen LogP contribution < -0.4 is 20.3 Å². The van der Waals surface area contributed by atoms with Crippen molar-refractivity contribution in [3.05, 3.63) is 46.4 Å². The fraction of sp³-hybridized carbons (Fsp3) is 0.417. The highest BCUT2D eigenvalue weighted by Gasteiger charge is 2.22. The number of fused-ring (bicyclic) bond motifs is 1. The van der Waals surface area contributed by atoms with E-state index in [9.17, 15) is 5.11 Å². The summed E-state index contributed by atoms with van der Waals surface area (Å²) in [5.74, 6) is 2.25. The Kier molecular flexibility index (Phi) is 7.01. The van der Waals surface area contributed by atoms with Gasteiger partial charge < -0.3 is 25.4 Å². The number of benzene rings is 2. The molecule has 0 radical (unpaired) electrons. The third-order valence-electron chi connectivity index (χ3n) is 5.97. The van der Waals surface area contributed by atoms with E-state index in [1.54, 1.807) is 7.11 Å². The van der Waals surface area contributed by atoms with Crippen LogP contribution >= 0.6 is 15.9 Å². The average molecular weight is 500 g/mol. The van der Waals surface area contributed by atoms with Crippen LogP contribution in [0.2, 0.25) is 0 Å². The van der Waals surface area contributed by atoms with Crippen LogP contribution in [0.1, 0.15) is 31.2 Å². The van der Waals surface area contributed by atoms with Crippen LogP contribution in [0.25, 0.3) is 10.9 Å². The van der Waals surface area contributed by atoms with E-state index < -0.39 is 0 Å². The first-order valence-corrected chi connectivity index (χ1v) is 11.7. The van der Waals surface area contributed by atoms with Crippen molar-refractivity contribution < 1.29 is 9.84 Å². The molecule has 1 aromatic heterocycles. The molecule has 7 nitrogen and oxygen atoms in total. The quantitative estimate of drug-likeness (QED) is 0.435. The van der Waals surface area contributed by atoms with Gasteiger partial charge in [-0.1, -0.05) is 12.1 Å². The normalized spacial score (nSPS) is 18.5. The highest BCUT2D eigenvalue weighted by molar-refractivity contribution is 9.10. The Morgan fingerprint density at radius 3 is 2.53 bits per heavy atom. The summed E-state index contributed by atoms with van der Waals surface area (Å²) in [6, 6.07) is 12.8. The minimum atomic E-state index is 0.135. The maximum absolute atomic E-state index is 9.98. The Hall–Kier alpha value is -2.58. The van der Waals surface area contributed by atoms with Gasteiger partial charge in [0.2, 0.25) is 5.95 Å². The lowest BCUT2D eigenvalue weighted by molar-refractivity contribution is 0.350. The summed E-state index contributed by atoms with van der Waals surface area (Å²) in [4.78, 5) is 11.5. The van der Waals surface area contributed by atoms with Gasteiger partial charge in [0, 0.05) is 38.1 Å². The number of ether oxygens (including phenoxy) is 1. The first-order valence-electron chi connectivity index (χ1n) is 10.9. The number of rotatable bonds is 7. The minimum Gasteiger partial charge on any atom is -0.503 e. The monoisotopic (exact) mass is 499 g/mol.